The zero-order valence-electron chi connectivity index (χ0n) is 12.1. The number of carboxylic acid groups (broad SMARTS) is 1. The second kappa shape index (κ2) is 7.57. The summed E-state index contributed by atoms with van der Waals surface area (Å²) in [7, 11) is 0. The molecule has 1 heterocycles. The maximum Gasteiger partial charge on any atom is 0.229 e. The normalized spacial score (nSPS) is 30.8. The molecule has 1 aliphatic rings. The van der Waals surface area contributed by atoms with Gasteiger partial charge in [0.2, 0.25) is 6.29 Å². The predicted molar refractivity (Wildman–Crippen MR) is 74.0 cm³/mol. The Morgan fingerprint density at radius 1 is 1.26 bits per heavy atom. The average molecular weight is 328 g/mol. The van der Waals surface area contributed by atoms with Crippen LogP contribution in [0.5, 0.6) is 5.75 Å². The molecule has 0 spiro atoms. The number of carboxylic acids is 1. The van der Waals surface area contributed by atoms with Crippen LogP contribution in [0, 0.1) is 0 Å². The van der Waals surface area contributed by atoms with Gasteiger partial charge in [-0.1, -0.05) is 0 Å². The van der Waals surface area contributed by atoms with Crippen LogP contribution in [-0.2, 0) is 14.3 Å². The first-order chi connectivity index (χ1) is 10.9. The number of nitrogens with two attached hydrogens (primary N) is 1. The minimum Gasteiger partial charge on any atom is -0.548 e. The number of ether oxygens (including phenoxy) is 3. The molecule has 1 aromatic rings. The van der Waals surface area contributed by atoms with Crippen molar-refractivity contribution in [1.82, 2.24) is 0 Å². The van der Waals surface area contributed by atoms with Crippen molar-refractivity contribution < 1.29 is 39.4 Å². The molecule has 0 amide bonds. The van der Waals surface area contributed by atoms with Gasteiger partial charge in [-0.05, 0) is 24.3 Å². The lowest BCUT2D eigenvalue weighted by molar-refractivity contribution is -0.320. The molecule has 5 N–H and O–H groups in total. The number of hydrogen-bond donors (Lipinski definition) is 4. The van der Waals surface area contributed by atoms with Crippen molar-refractivity contribution in [2.45, 2.75) is 30.7 Å². The predicted octanol–water partition coefficient (Wildman–Crippen LogP) is -2.78. The summed E-state index contributed by atoms with van der Waals surface area (Å²) in [5.41, 5.74) is 6.07. The van der Waals surface area contributed by atoms with Crippen molar-refractivity contribution in [3.8, 4) is 5.75 Å². The molecule has 9 heteroatoms. The summed E-state index contributed by atoms with van der Waals surface area (Å²) in [5, 5.41) is 39.9. The number of rotatable bonds is 6. The molecular formula is C14H18NO8-. The molecule has 2 rings (SSSR count). The van der Waals surface area contributed by atoms with E-state index >= 15 is 0 Å². The number of anilines is 1. The first-order valence-electron chi connectivity index (χ1n) is 6.88. The molecule has 1 fully saturated rings. The summed E-state index contributed by atoms with van der Waals surface area (Å²) in [6, 6.07) is 6.24. The SMILES string of the molecule is Nc1ccc(O[C@H]2O[C@H](CO)[C@@H](O)[C@H](OCC(=O)[O-])[C@@H]2O)cc1. The van der Waals surface area contributed by atoms with Crippen LogP contribution in [0.4, 0.5) is 5.69 Å². The highest BCUT2D eigenvalue weighted by Gasteiger charge is 2.46. The number of carbonyl (C=O) groups excluding carboxylic acids is 1. The molecule has 23 heavy (non-hydrogen) atoms. The first-order valence-corrected chi connectivity index (χ1v) is 6.88. The Labute approximate surface area is 131 Å². The van der Waals surface area contributed by atoms with Crippen LogP contribution < -0.4 is 15.6 Å². The van der Waals surface area contributed by atoms with E-state index in [1.54, 1.807) is 24.3 Å². The standard InChI is InChI=1S/C14H19NO8/c15-7-1-3-8(4-2-7)22-14-12(20)13(21-6-10(17)18)11(19)9(5-16)23-14/h1-4,9,11-14,16,19-20H,5-6,15H2,(H,17,18)/p-1/t9-,11-,12+,13+,14+/m1/s1. The quantitative estimate of drug-likeness (QED) is 0.406. The molecule has 1 aliphatic heterocycles. The van der Waals surface area contributed by atoms with Crippen LogP contribution in [0.15, 0.2) is 24.3 Å². The number of nitrogen functional groups attached to an aromatic ring is 1. The van der Waals surface area contributed by atoms with E-state index in [9.17, 15) is 25.2 Å². The third-order valence-electron chi connectivity index (χ3n) is 3.35. The molecule has 0 saturated carbocycles. The van der Waals surface area contributed by atoms with Gasteiger partial charge >= 0.3 is 0 Å². The summed E-state index contributed by atoms with van der Waals surface area (Å²) in [6.07, 6.45) is -6.61. The fraction of sp³-hybridized carbons (Fsp3) is 0.500. The van der Waals surface area contributed by atoms with E-state index in [1.807, 2.05) is 0 Å². The maximum absolute atomic E-state index is 10.5. The van der Waals surface area contributed by atoms with Gasteiger partial charge in [-0.15, -0.1) is 0 Å². The van der Waals surface area contributed by atoms with Crippen molar-refractivity contribution in [1.29, 1.82) is 0 Å². The molecule has 0 bridgehead atoms. The third-order valence-corrected chi connectivity index (χ3v) is 3.35. The lowest BCUT2D eigenvalue weighted by Gasteiger charge is -2.41. The highest BCUT2D eigenvalue weighted by Crippen LogP contribution is 2.26. The van der Waals surface area contributed by atoms with Gasteiger partial charge in [-0.2, -0.15) is 0 Å². The molecular weight excluding hydrogens is 310 g/mol. The number of aliphatic hydroxyl groups is 3. The number of benzene rings is 1. The Bertz CT molecular complexity index is 522. The van der Waals surface area contributed by atoms with E-state index in [0.29, 0.717) is 11.4 Å². The molecule has 1 aromatic carbocycles. The highest BCUT2D eigenvalue weighted by molar-refractivity contribution is 5.65. The fourth-order valence-corrected chi connectivity index (χ4v) is 2.19. The largest absolute Gasteiger partial charge is 0.548 e. The molecule has 5 atom stereocenters. The number of hydrogen-bond acceptors (Lipinski definition) is 9. The molecule has 128 valence electrons. The van der Waals surface area contributed by atoms with E-state index < -0.39 is 49.9 Å². The summed E-state index contributed by atoms with van der Waals surface area (Å²) < 4.78 is 15.7. The number of aliphatic carboxylic acids is 1. The van der Waals surface area contributed by atoms with Gasteiger partial charge in [-0.3, -0.25) is 0 Å². The second-order valence-electron chi connectivity index (χ2n) is 5.04. The molecule has 0 radical (unpaired) electrons. The molecule has 0 aromatic heterocycles. The Morgan fingerprint density at radius 3 is 2.48 bits per heavy atom. The minimum absolute atomic E-state index is 0.329. The Morgan fingerprint density at radius 2 is 1.91 bits per heavy atom. The smallest absolute Gasteiger partial charge is 0.229 e. The maximum atomic E-state index is 10.5. The van der Waals surface area contributed by atoms with Crippen molar-refractivity contribution in [2.24, 2.45) is 0 Å². The van der Waals surface area contributed by atoms with Gasteiger partial charge in [0.25, 0.3) is 0 Å². The summed E-state index contributed by atoms with van der Waals surface area (Å²) in [5.74, 6) is -1.18. The van der Waals surface area contributed by atoms with Crippen molar-refractivity contribution in [3.63, 3.8) is 0 Å². The molecule has 0 aliphatic carbocycles. The molecule has 9 nitrogen and oxygen atoms in total. The van der Waals surface area contributed by atoms with Crippen molar-refractivity contribution in [3.05, 3.63) is 24.3 Å². The number of aliphatic hydroxyl groups excluding tert-OH is 3. The van der Waals surface area contributed by atoms with Gasteiger partial charge in [0.05, 0.1) is 19.2 Å². The third kappa shape index (κ3) is 4.30. The van der Waals surface area contributed by atoms with Crippen molar-refractivity contribution >= 4 is 11.7 Å². The lowest BCUT2D eigenvalue weighted by Crippen LogP contribution is -2.61. The zero-order chi connectivity index (χ0) is 17.0. The van der Waals surface area contributed by atoms with Gasteiger partial charge in [0, 0.05) is 5.69 Å². The van der Waals surface area contributed by atoms with Gasteiger partial charge in [0.1, 0.15) is 30.2 Å². The topological polar surface area (TPSA) is 155 Å². The van der Waals surface area contributed by atoms with Crippen LogP contribution in [0.3, 0.4) is 0 Å². The van der Waals surface area contributed by atoms with Crippen molar-refractivity contribution in [2.75, 3.05) is 18.9 Å². The van der Waals surface area contributed by atoms with Crippen LogP contribution in [0.2, 0.25) is 0 Å². The van der Waals surface area contributed by atoms with E-state index in [4.69, 9.17) is 19.9 Å². The second-order valence-corrected chi connectivity index (χ2v) is 5.04. The molecule has 0 unspecified atom stereocenters. The van der Waals surface area contributed by atoms with Gasteiger partial charge in [-0.25, -0.2) is 0 Å². The van der Waals surface area contributed by atoms with E-state index in [1.165, 1.54) is 0 Å². The Hall–Kier alpha value is -1.91. The highest BCUT2D eigenvalue weighted by atomic mass is 16.7. The number of carbonyl (C=O) groups is 1. The van der Waals surface area contributed by atoms with Crippen LogP contribution in [-0.4, -0.2) is 65.2 Å². The Kier molecular flexibility index (Phi) is 5.74. The first kappa shape index (κ1) is 17.4. The van der Waals surface area contributed by atoms with Gasteiger partial charge in [0.15, 0.2) is 0 Å². The minimum atomic E-state index is -1.51. The van der Waals surface area contributed by atoms with Gasteiger partial charge < -0.3 is 45.2 Å². The summed E-state index contributed by atoms with van der Waals surface area (Å²) in [4.78, 5) is 10.5. The van der Waals surface area contributed by atoms with E-state index in [2.05, 4.69) is 0 Å². The van der Waals surface area contributed by atoms with Crippen LogP contribution in [0.25, 0.3) is 0 Å². The summed E-state index contributed by atoms with van der Waals surface area (Å²) >= 11 is 0. The summed E-state index contributed by atoms with van der Waals surface area (Å²) in [6.45, 7) is -1.40. The molecule has 1 saturated heterocycles. The Balaban J connectivity index is 2.11. The fourth-order valence-electron chi connectivity index (χ4n) is 2.19. The van der Waals surface area contributed by atoms with E-state index in [0.717, 1.165) is 0 Å². The van der Waals surface area contributed by atoms with E-state index in [-0.39, 0.29) is 0 Å². The van der Waals surface area contributed by atoms with Crippen LogP contribution >= 0.6 is 0 Å². The monoisotopic (exact) mass is 328 g/mol. The van der Waals surface area contributed by atoms with Crippen LogP contribution in [0.1, 0.15) is 0 Å². The lowest BCUT2D eigenvalue weighted by atomic mass is 9.99. The average Bonchev–Trinajstić information content (AvgIpc) is 2.51. The zero-order valence-corrected chi connectivity index (χ0v) is 12.1.